The van der Waals surface area contributed by atoms with Gasteiger partial charge in [-0.3, -0.25) is 0 Å². The van der Waals surface area contributed by atoms with Crippen LogP contribution in [0.25, 0.3) is 0 Å². The van der Waals surface area contributed by atoms with Crippen LogP contribution < -0.4 is 19.0 Å². The molecule has 0 saturated heterocycles. The minimum absolute atomic E-state index is 0.537. The van der Waals surface area contributed by atoms with Crippen molar-refractivity contribution in [1.82, 2.24) is 20.4 Å². The average Bonchev–Trinajstić information content (AvgIpc) is 2.76. The number of nitrogens with zero attached hydrogens (tertiary/aromatic N) is 4. The molecule has 68 valence electrons. The first-order chi connectivity index (χ1) is 6.78. The van der Waals surface area contributed by atoms with Crippen molar-refractivity contribution < 1.29 is 8.83 Å². The molecule has 0 N–H and O–H groups in total. The Balaban J connectivity index is 2.10. The molecule has 6 nitrogen and oxygen atoms in total. The van der Waals surface area contributed by atoms with Crippen LogP contribution in [0.2, 0.25) is 0 Å². The fraction of sp³-hybridized carbons (Fsp3) is 0. The lowest BCUT2D eigenvalue weighted by atomic mass is 11.4. The smallest absolute Gasteiger partial charge is 0.465 e. The lowest BCUT2D eigenvalue weighted by molar-refractivity contribution is 0.614. The SMILES string of the molecule is [AlH2][c]1nn[c]([AlH][c]2nn[c]([AlH][Br])o2)o1. The van der Waals surface area contributed by atoms with E-state index in [1.807, 2.05) is 0 Å². The van der Waals surface area contributed by atoms with E-state index in [4.69, 9.17) is 8.83 Å². The van der Waals surface area contributed by atoms with Gasteiger partial charge >= 0.3 is 44.9 Å². The first-order valence-corrected chi connectivity index (χ1v) is 11.0. The normalized spacial score (nSPS) is 10.1. The zero-order valence-electron chi connectivity index (χ0n) is 7.40. The van der Waals surface area contributed by atoms with Gasteiger partial charge in [-0.15, -0.1) is 20.4 Å². The second-order valence-electron chi connectivity index (χ2n) is 2.61. The van der Waals surface area contributed by atoms with Gasteiger partial charge in [-0.05, 0) is 0 Å². The Bertz CT molecular complexity index is 432. The Morgan fingerprint density at radius 3 is 2.21 bits per heavy atom. The molecule has 2 aromatic rings. The van der Waals surface area contributed by atoms with Crippen molar-refractivity contribution in [1.29, 1.82) is 0 Å². The molecule has 14 heavy (non-hydrogen) atoms. The molecular formula is C4H4Al3BrN4O2. The number of aromatic nitrogens is 4. The van der Waals surface area contributed by atoms with Crippen LogP contribution in [-0.4, -0.2) is 65.3 Å². The van der Waals surface area contributed by atoms with Crippen molar-refractivity contribution >= 4 is 78.0 Å². The van der Waals surface area contributed by atoms with E-state index in [0.717, 1.165) is 21.0 Å². The third kappa shape index (κ3) is 2.69. The molecule has 0 radical (unpaired) electrons. The molecule has 0 aliphatic rings. The predicted molar refractivity (Wildman–Crippen MR) is 58.9 cm³/mol. The van der Waals surface area contributed by atoms with Crippen LogP contribution in [0.5, 0.6) is 0 Å². The van der Waals surface area contributed by atoms with Crippen LogP contribution in [0, 0.1) is 0 Å². The van der Waals surface area contributed by atoms with Gasteiger partial charge in [-0.2, -0.15) is 0 Å². The van der Waals surface area contributed by atoms with Crippen molar-refractivity contribution in [3.8, 4) is 0 Å². The zero-order valence-corrected chi connectivity index (χ0v) is 13.8. The summed E-state index contributed by atoms with van der Waals surface area (Å²) < 4.78 is 13.5. The van der Waals surface area contributed by atoms with E-state index in [9.17, 15) is 0 Å². The maximum atomic E-state index is 5.38. The summed E-state index contributed by atoms with van der Waals surface area (Å²) in [5.74, 6) is 0. The molecule has 0 spiro atoms. The van der Waals surface area contributed by atoms with Gasteiger partial charge in [0.05, 0.1) is 0 Å². The van der Waals surface area contributed by atoms with Crippen LogP contribution >= 0.6 is 14.1 Å². The van der Waals surface area contributed by atoms with Gasteiger partial charge in [-0.25, -0.2) is 14.1 Å². The average molecular weight is 301 g/mol. The van der Waals surface area contributed by atoms with Gasteiger partial charge in [-0.1, -0.05) is 0 Å². The lowest BCUT2D eigenvalue weighted by Gasteiger charge is -1.84. The van der Waals surface area contributed by atoms with Crippen LogP contribution in [-0.2, 0) is 0 Å². The summed E-state index contributed by atoms with van der Waals surface area (Å²) in [4.78, 5) is 0. The Hall–Kier alpha value is 0.357. The quantitative estimate of drug-likeness (QED) is 0.532. The number of hydrogen-bond acceptors (Lipinski definition) is 6. The van der Waals surface area contributed by atoms with E-state index < -0.39 is 28.6 Å². The van der Waals surface area contributed by atoms with Gasteiger partial charge in [0.25, 0.3) is 0 Å². The highest BCUT2D eigenvalue weighted by atomic mass is 79.9. The minimum atomic E-state index is -0.859. The van der Waals surface area contributed by atoms with Crippen LogP contribution in [0.1, 0.15) is 0 Å². The summed E-state index contributed by atoms with van der Waals surface area (Å²) in [6.07, 6.45) is 0. The van der Waals surface area contributed by atoms with Crippen molar-refractivity contribution in [2.75, 3.05) is 0 Å². The maximum Gasteiger partial charge on any atom is 0.507 e. The number of halogens is 1. The minimum Gasteiger partial charge on any atom is -0.465 e. The Kier molecular flexibility index (Phi) is 3.82. The second kappa shape index (κ2) is 4.92. The summed E-state index contributed by atoms with van der Waals surface area (Å²) in [6, 6.07) is 0. The Morgan fingerprint density at radius 1 is 1.00 bits per heavy atom. The molecule has 2 rings (SSSR count). The van der Waals surface area contributed by atoms with Crippen molar-refractivity contribution in [3.63, 3.8) is 0 Å². The van der Waals surface area contributed by atoms with E-state index in [-0.39, 0.29) is 0 Å². The molecule has 0 aliphatic heterocycles. The highest BCUT2D eigenvalue weighted by Crippen LogP contribution is 1.75. The topological polar surface area (TPSA) is 77.8 Å². The van der Waals surface area contributed by atoms with E-state index in [2.05, 4.69) is 34.4 Å². The molecule has 10 heteroatoms. The van der Waals surface area contributed by atoms with Gasteiger partial charge < -0.3 is 8.83 Å². The third-order valence-corrected chi connectivity index (χ3v) is 5.03. The van der Waals surface area contributed by atoms with Crippen LogP contribution in [0.15, 0.2) is 8.83 Å². The molecule has 0 fully saturated rings. The van der Waals surface area contributed by atoms with E-state index >= 15 is 0 Å². The maximum absolute atomic E-state index is 5.38. The van der Waals surface area contributed by atoms with Crippen LogP contribution in [0.3, 0.4) is 0 Å². The van der Waals surface area contributed by atoms with Crippen molar-refractivity contribution in [2.24, 2.45) is 0 Å². The number of hydrogen-bond donors (Lipinski definition) is 0. The molecule has 0 unspecified atom stereocenters. The monoisotopic (exact) mass is 300 g/mol. The summed E-state index contributed by atoms with van der Waals surface area (Å²) in [5, 5.41) is 15.5. The Labute approximate surface area is 106 Å². The Morgan fingerprint density at radius 2 is 1.64 bits per heavy atom. The first-order valence-electron chi connectivity index (χ1n) is 3.94. The van der Waals surface area contributed by atoms with Gasteiger partial charge in [0, 0.05) is 0 Å². The molecule has 0 aliphatic carbocycles. The summed E-state index contributed by atoms with van der Waals surface area (Å²) in [5.41, 5.74) is 0. The molecular weight excluding hydrogens is 297 g/mol. The van der Waals surface area contributed by atoms with Crippen molar-refractivity contribution in [3.05, 3.63) is 0 Å². The fourth-order valence-electron chi connectivity index (χ4n) is 0.952. The van der Waals surface area contributed by atoms with E-state index in [0.29, 0.717) is 14.3 Å². The molecule has 0 atom stereocenters. The summed E-state index contributed by atoms with van der Waals surface area (Å²) >= 11 is 2.76. The molecule has 0 bridgehead atoms. The number of rotatable bonds is 3. The highest BCUT2D eigenvalue weighted by Gasteiger charge is 2.15. The zero-order chi connectivity index (χ0) is 9.97. The van der Waals surface area contributed by atoms with Crippen LogP contribution in [0.4, 0.5) is 0 Å². The lowest BCUT2D eigenvalue weighted by Crippen LogP contribution is -2.29. The van der Waals surface area contributed by atoms with Gasteiger partial charge in [0.15, 0.2) is 0 Å². The van der Waals surface area contributed by atoms with Gasteiger partial charge in [0.1, 0.15) is 19.0 Å². The molecule has 2 aromatic heterocycles. The highest BCUT2D eigenvalue weighted by molar-refractivity contribution is 9.23. The van der Waals surface area contributed by atoms with Crippen molar-refractivity contribution in [2.45, 2.75) is 0 Å². The molecule has 0 aromatic carbocycles. The molecule has 0 amide bonds. The second-order valence-corrected chi connectivity index (χ2v) is 7.59. The predicted octanol–water partition coefficient (Wildman–Crippen LogP) is -4.53. The summed E-state index contributed by atoms with van der Waals surface area (Å²) in [6.45, 7) is 0. The van der Waals surface area contributed by atoms with Gasteiger partial charge in [0.2, 0.25) is 0 Å². The largest absolute Gasteiger partial charge is 0.507 e. The first kappa shape index (κ1) is 10.9. The molecule has 2 heterocycles. The third-order valence-electron chi connectivity index (χ3n) is 1.49. The summed E-state index contributed by atoms with van der Waals surface area (Å²) in [7, 11) is 0. The standard InChI is InChI=1S/2C2N2O.3Al.BrH.4H/c2*1-3-4-2-5-1;;;;;;;;/h;;;;;1H;;;;/q;;;;+1;;;;;/p-1. The molecule has 0 saturated carbocycles. The van der Waals surface area contributed by atoms with E-state index in [1.54, 1.807) is 0 Å². The van der Waals surface area contributed by atoms with E-state index in [1.165, 1.54) is 0 Å². The fourth-order valence-corrected chi connectivity index (χ4v) is 3.87.